The third-order valence-corrected chi connectivity index (χ3v) is 3.22. The van der Waals surface area contributed by atoms with Crippen LogP contribution in [-0.4, -0.2) is 12.5 Å². The lowest BCUT2D eigenvalue weighted by atomic mass is 10.2. The van der Waals surface area contributed by atoms with E-state index in [1.165, 1.54) is 5.56 Å². The maximum absolute atomic E-state index is 10.9. The summed E-state index contributed by atoms with van der Waals surface area (Å²) in [5.74, 6) is -0.394. The Labute approximate surface area is 104 Å². The van der Waals surface area contributed by atoms with E-state index in [0.29, 0.717) is 5.56 Å². The van der Waals surface area contributed by atoms with Gasteiger partial charge in [0.05, 0.1) is 0 Å². The van der Waals surface area contributed by atoms with Crippen molar-refractivity contribution in [2.24, 2.45) is 5.73 Å². The van der Waals surface area contributed by atoms with Gasteiger partial charge in [0.25, 0.3) is 0 Å². The molecule has 1 aromatic heterocycles. The summed E-state index contributed by atoms with van der Waals surface area (Å²) in [5.41, 5.74) is 8.05. The summed E-state index contributed by atoms with van der Waals surface area (Å²) >= 11 is 1.71. The number of primary amides is 1. The van der Waals surface area contributed by atoms with Crippen molar-refractivity contribution in [3.8, 4) is 0 Å². The molecule has 1 amide bonds. The first-order chi connectivity index (χ1) is 8.25. The number of hydrogen-bond donors (Lipinski definition) is 2. The van der Waals surface area contributed by atoms with Crippen molar-refractivity contribution < 1.29 is 4.79 Å². The van der Waals surface area contributed by atoms with Crippen molar-refractivity contribution in [3.63, 3.8) is 0 Å². The Morgan fingerprint density at radius 3 is 2.59 bits per heavy atom. The molecule has 2 aromatic rings. The first-order valence-electron chi connectivity index (χ1n) is 5.40. The zero-order chi connectivity index (χ0) is 12.1. The lowest BCUT2D eigenvalue weighted by Crippen LogP contribution is -2.11. The van der Waals surface area contributed by atoms with Gasteiger partial charge in [-0.2, -0.15) is 11.3 Å². The van der Waals surface area contributed by atoms with Crippen LogP contribution in [0.1, 0.15) is 15.9 Å². The van der Waals surface area contributed by atoms with E-state index in [4.69, 9.17) is 5.73 Å². The quantitative estimate of drug-likeness (QED) is 0.851. The number of nitrogens with two attached hydrogens (primary N) is 1. The number of benzene rings is 1. The van der Waals surface area contributed by atoms with Crippen LogP contribution in [-0.2, 0) is 6.42 Å². The van der Waals surface area contributed by atoms with Crippen LogP contribution in [0, 0.1) is 0 Å². The fraction of sp³-hybridized carbons (Fsp3) is 0.154. The van der Waals surface area contributed by atoms with Crippen molar-refractivity contribution in [2.75, 3.05) is 11.9 Å². The lowest BCUT2D eigenvalue weighted by molar-refractivity contribution is 0.100. The second-order valence-corrected chi connectivity index (χ2v) is 4.53. The van der Waals surface area contributed by atoms with Gasteiger partial charge in [-0.15, -0.1) is 0 Å². The molecule has 0 unspecified atom stereocenters. The average molecular weight is 246 g/mol. The van der Waals surface area contributed by atoms with Crippen molar-refractivity contribution in [3.05, 3.63) is 52.2 Å². The standard InChI is InChI=1S/C13H14N2OS/c14-13(16)11-1-3-12(4-2-11)15-7-5-10-6-8-17-9-10/h1-4,6,8-9,15H,5,7H2,(H2,14,16). The SMILES string of the molecule is NC(=O)c1ccc(NCCc2ccsc2)cc1. The van der Waals surface area contributed by atoms with Gasteiger partial charge in [0.2, 0.25) is 5.91 Å². The highest BCUT2D eigenvalue weighted by molar-refractivity contribution is 7.07. The number of rotatable bonds is 5. The van der Waals surface area contributed by atoms with Crippen LogP contribution in [0.3, 0.4) is 0 Å². The van der Waals surface area contributed by atoms with Gasteiger partial charge in [-0.1, -0.05) is 0 Å². The Bertz CT molecular complexity index is 477. The Kier molecular flexibility index (Phi) is 3.77. The number of carbonyl (C=O) groups excluding carboxylic acids is 1. The first kappa shape index (κ1) is 11.7. The third kappa shape index (κ3) is 3.32. The Hall–Kier alpha value is -1.81. The van der Waals surface area contributed by atoms with Gasteiger partial charge in [-0.05, 0) is 53.1 Å². The average Bonchev–Trinajstić information content (AvgIpc) is 2.83. The van der Waals surface area contributed by atoms with E-state index >= 15 is 0 Å². The zero-order valence-corrected chi connectivity index (χ0v) is 10.2. The highest BCUT2D eigenvalue weighted by Gasteiger charge is 1.99. The van der Waals surface area contributed by atoms with E-state index in [2.05, 4.69) is 22.1 Å². The van der Waals surface area contributed by atoms with Gasteiger partial charge in [-0.25, -0.2) is 0 Å². The molecular weight excluding hydrogens is 232 g/mol. The highest BCUT2D eigenvalue weighted by Crippen LogP contribution is 2.10. The van der Waals surface area contributed by atoms with E-state index in [1.807, 2.05) is 12.1 Å². The van der Waals surface area contributed by atoms with E-state index in [1.54, 1.807) is 23.5 Å². The lowest BCUT2D eigenvalue weighted by Gasteiger charge is -2.05. The molecule has 0 bridgehead atoms. The molecule has 88 valence electrons. The van der Waals surface area contributed by atoms with Crippen molar-refractivity contribution in [1.29, 1.82) is 0 Å². The zero-order valence-electron chi connectivity index (χ0n) is 9.35. The van der Waals surface area contributed by atoms with Gasteiger partial charge in [-0.3, -0.25) is 4.79 Å². The van der Waals surface area contributed by atoms with Gasteiger partial charge in [0, 0.05) is 17.8 Å². The maximum atomic E-state index is 10.9. The summed E-state index contributed by atoms with van der Waals surface area (Å²) in [4.78, 5) is 10.9. The van der Waals surface area contributed by atoms with E-state index < -0.39 is 5.91 Å². The van der Waals surface area contributed by atoms with Crippen LogP contribution in [0.15, 0.2) is 41.1 Å². The minimum absolute atomic E-state index is 0.394. The summed E-state index contributed by atoms with van der Waals surface area (Å²) in [5, 5.41) is 7.53. The van der Waals surface area contributed by atoms with Crippen LogP contribution < -0.4 is 11.1 Å². The van der Waals surface area contributed by atoms with Crippen molar-refractivity contribution >= 4 is 22.9 Å². The first-order valence-corrected chi connectivity index (χ1v) is 6.35. The maximum Gasteiger partial charge on any atom is 0.248 e. The largest absolute Gasteiger partial charge is 0.385 e. The summed E-state index contributed by atoms with van der Waals surface area (Å²) in [6.07, 6.45) is 1.00. The minimum atomic E-state index is -0.394. The summed E-state index contributed by atoms with van der Waals surface area (Å²) in [7, 11) is 0. The van der Waals surface area contributed by atoms with Crippen LogP contribution in [0.5, 0.6) is 0 Å². The van der Waals surface area contributed by atoms with Gasteiger partial charge >= 0.3 is 0 Å². The second kappa shape index (κ2) is 5.50. The van der Waals surface area contributed by atoms with Gasteiger partial charge in [0.1, 0.15) is 0 Å². The fourth-order valence-corrected chi connectivity index (χ4v) is 2.24. The van der Waals surface area contributed by atoms with Crippen LogP contribution in [0.2, 0.25) is 0 Å². The molecule has 0 saturated heterocycles. The van der Waals surface area contributed by atoms with Gasteiger partial charge < -0.3 is 11.1 Å². The molecule has 0 saturated carbocycles. The van der Waals surface area contributed by atoms with Gasteiger partial charge in [0.15, 0.2) is 0 Å². The van der Waals surface area contributed by atoms with Crippen molar-refractivity contribution in [1.82, 2.24) is 0 Å². The molecule has 0 aliphatic rings. The van der Waals surface area contributed by atoms with Crippen LogP contribution >= 0.6 is 11.3 Å². The van der Waals surface area contributed by atoms with Crippen molar-refractivity contribution in [2.45, 2.75) is 6.42 Å². The number of thiophene rings is 1. The number of carbonyl (C=O) groups is 1. The molecule has 0 spiro atoms. The molecule has 0 radical (unpaired) electrons. The highest BCUT2D eigenvalue weighted by atomic mass is 32.1. The minimum Gasteiger partial charge on any atom is -0.385 e. The molecular formula is C13H14N2OS. The fourth-order valence-electron chi connectivity index (χ4n) is 1.54. The Morgan fingerprint density at radius 1 is 1.24 bits per heavy atom. The molecule has 3 nitrogen and oxygen atoms in total. The topological polar surface area (TPSA) is 55.1 Å². The van der Waals surface area contributed by atoms with E-state index in [0.717, 1.165) is 18.7 Å². The number of anilines is 1. The summed E-state index contributed by atoms with van der Waals surface area (Å²) in [6.45, 7) is 0.882. The van der Waals surface area contributed by atoms with E-state index in [-0.39, 0.29) is 0 Å². The molecule has 4 heteroatoms. The molecule has 17 heavy (non-hydrogen) atoms. The van der Waals surface area contributed by atoms with E-state index in [9.17, 15) is 4.79 Å². The number of amides is 1. The van der Waals surface area contributed by atoms with Crippen LogP contribution in [0.25, 0.3) is 0 Å². The monoisotopic (exact) mass is 246 g/mol. The molecule has 0 atom stereocenters. The molecule has 3 N–H and O–H groups in total. The smallest absolute Gasteiger partial charge is 0.248 e. The predicted octanol–water partition coefficient (Wildman–Crippen LogP) is 2.50. The molecule has 1 aromatic carbocycles. The number of nitrogens with one attached hydrogen (secondary N) is 1. The molecule has 2 rings (SSSR count). The summed E-state index contributed by atoms with van der Waals surface area (Å²) in [6, 6.07) is 9.33. The predicted molar refractivity (Wildman–Crippen MR) is 71.5 cm³/mol. The molecule has 1 heterocycles. The third-order valence-electron chi connectivity index (χ3n) is 2.49. The normalized spacial score (nSPS) is 10.1. The second-order valence-electron chi connectivity index (χ2n) is 3.75. The summed E-state index contributed by atoms with van der Waals surface area (Å²) < 4.78 is 0. The van der Waals surface area contributed by atoms with Crippen LogP contribution in [0.4, 0.5) is 5.69 Å². The number of hydrogen-bond acceptors (Lipinski definition) is 3. The molecule has 0 aliphatic carbocycles. The molecule has 0 aliphatic heterocycles. The Morgan fingerprint density at radius 2 is 2.00 bits per heavy atom. The molecule has 0 fully saturated rings. The Balaban J connectivity index is 1.85.